The van der Waals surface area contributed by atoms with Crippen LogP contribution in [0.4, 0.5) is 11.4 Å². The zero-order valence-corrected chi connectivity index (χ0v) is 23.0. The third kappa shape index (κ3) is 5.43. The zero-order valence-electron chi connectivity index (χ0n) is 23.0. The van der Waals surface area contributed by atoms with Crippen LogP contribution in [0.15, 0.2) is 54.6 Å². The quantitative estimate of drug-likeness (QED) is 0.389. The van der Waals surface area contributed by atoms with Gasteiger partial charge in [-0.1, -0.05) is 71.0 Å². The van der Waals surface area contributed by atoms with Crippen molar-refractivity contribution in [2.24, 2.45) is 5.41 Å². The number of fused-ring (bicyclic) bond motifs is 1. The summed E-state index contributed by atoms with van der Waals surface area (Å²) in [6.07, 6.45) is 0.464. The van der Waals surface area contributed by atoms with Gasteiger partial charge in [-0.15, -0.1) is 0 Å². The molecule has 0 radical (unpaired) electrons. The predicted octanol–water partition coefficient (Wildman–Crippen LogP) is 7.75. The van der Waals surface area contributed by atoms with E-state index in [4.69, 9.17) is 4.74 Å². The van der Waals surface area contributed by atoms with E-state index in [2.05, 4.69) is 106 Å². The van der Waals surface area contributed by atoms with Gasteiger partial charge in [0.15, 0.2) is 0 Å². The molecule has 1 heterocycles. The molecule has 1 atom stereocenters. The molecule has 4 rings (SSSR count). The molecule has 3 aromatic rings. The number of nitrogens with zero attached hydrogens (tertiary/aromatic N) is 1. The average Bonchev–Trinajstić information content (AvgIpc) is 3.25. The number of hydrogen-bond acceptors (Lipinski definition) is 3. The second-order valence-corrected chi connectivity index (χ2v) is 11.8. The molecule has 36 heavy (non-hydrogen) atoms. The molecule has 0 bridgehead atoms. The number of carbonyl (C=O) groups excluding carboxylic acids is 1. The van der Waals surface area contributed by atoms with Crippen molar-refractivity contribution in [2.75, 3.05) is 30.9 Å². The minimum Gasteiger partial charge on any atom is -0.492 e. The van der Waals surface area contributed by atoms with Crippen molar-refractivity contribution in [2.45, 2.75) is 59.8 Å². The SMILES string of the molecule is Cc1c(NC(=O)CC(C)(C)C)cc(-c2cccc(N(C)C)c2)c2c1C(c1ccc(C(C)C)cc1)CO2. The number of amides is 1. The van der Waals surface area contributed by atoms with Crippen molar-refractivity contribution < 1.29 is 9.53 Å². The first-order valence-corrected chi connectivity index (χ1v) is 12.9. The highest BCUT2D eigenvalue weighted by molar-refractivity contribution is 5.94. The van der Waals surface area contributed by atoms with Gasteiger partial charge in [0.2, 0.25) is 5.91 Å². The largest absolute Gasteiger partial charge is 0.492 e. The van der Waals surface area contributed by atoms with Crippen LogP contribution in [0.3, 0.4) is 0 Å². The van der Waals surface area contributed by atoms with Crippen molar-refractivity contribution in [1.82, 2.24) is 0 Å². The van der Waals surface area contributed by atoms with Crippen molar-refractivity contribution in [1.29, 1.82) is 0 Å². The number of anilines is 2. The lowest BCUT2D eigenvalue weighted by Crippen LogP contribution is -2.20. The maximum absolute atomic E-state index is 13.0. The van der Waals surface area contributed by atoms with Gasteiger partial charge in [-0.3, -0.25) is 4.79 Å². The molecule has 0 aromatic heterocycles. The van der Waals surface area contributed by atoms with Gasteiger partial charge in [0.25, 0.3) is 0 Å². The predicted molar refractivity (Wildman–Crippen MR) is 152 cm³/mol. The van der Waals surface area contributed by atoms with Gasteiger partial charge >= 0.3 is 0 Å². The van der Waals surface area contributed by atoms with E-state index in [9.17, 15) is 4.79 Å². The third-order valence-electron chi connectivity index (χ3n) is 6.97. The molecule has 4 heteroatoms. The lowest BCUT2D eigenvalue weighted by atomic mass is 9.86. The van der Waals surface area contributed by atoms with Crippen LogP contribution in [0.25, 0.3) is 11.1 Å². The number of hydrogen-bond donors (Lipinski definition) is 1. The van der Waals surface area contributed by atoms with Crippen molar-refractivity contribution in [3.8, 4) is 16.9 Å². The molecule has 1 aliphatic heterocycles. The van der Waals surface area contributed by atoms with Crippen LogP contribution in [0.2, 0.25) is 0 Å². The Morgan fingerprint density at radius 1 is 1.08 bits per heavy atom. The van der Waals surface area contributed by atoms with E-state index in [1.165, 1.54) is 16.7 Å². The monoisotopic (exact) mass is 484 g/mol. The summed E-state index contributed by atoms with van der Waals surface area (Å²) in [6, 6.07) is 19.5. The van der Waals surface area contributed by atoms with Crippen molar-refractivity contribution >= 4 is 17.3 Å². The minimum absolute atomic E-state index is 0.0373. The molecule has 0 saturated carbocycles. The van der Waals surface area contributed by atoms with Crippen LogP contribution in [-0.2, 0) is 4.79 Å². The molecule has 1 N–H and O–H groups in total. The van der Waals surface area contributed by atoms with Crippen LogP contribution < -0.4 is 15.0 Å². The Labute approximate surface area is 216 Å². The molecule has 1 aliphatic rings. The third-order valence-corrected chi connectivity index (χ3v) is 6.97. The minimum atomic E-state index is -0.0819. The van der Waals surface area contributed by atoms with E-state index in [1.807, 2.05) is 14.1 Å². The number of benzene rings is 3. The number of nitrogens with one attached hydrogen (secondary N) is 1. The summed E-state index contributed by atoms with van der Waals surface area (Å²) in [5, 5.41) is 3.24. The van der Waals surface area contributed by atoms with E-state index < -0.39 is 0 Å². The van der Waals surface area contributed by atoms with Crippen LogP contribution >= 0.6 is 0 Å². The standard InChI is InChI=1S/C32H40N2O2/c1-20(2)22-12-14-23(15-13-22)27-19-36-31-26(24-10-9-11-25(16-24)34(7)8)17-28(21(3)30(27)31)33-29(35)18-32(4,5)6/h9-17,20,27H,18-19H2,1-8H3,(H,33,35). The van der Waals surface area contributed by atoms with E-state index in [0.717, 1.165) is 33.8 Å². The highest BCUT2D eigenvalue weighted by Crippen LogP contribution is 2.49. The van der Waals surface area contributed by atoms with E-state index >= 15 is 0 Å². The normalized spacial score (nSPS) is 15.0. The molecule has 0 fully saturated rings. The highest BCUT2D eigenvalue weighted by atomic mass is 16.5. The molecule has 0 aliphatic carbocycles. The number of rotatable bonds is 6. The molecule has 1 amide bonds. The summed E-state index contributed by atoms with van der Waals surface area (Å²) >= 11 is 0. The Bertz CT molecular complexity index is 1250. The average molecular weight is 485 g/mol. The second kappa shape index (κ2) is 10.0. The summed E-state index contributed by atoms with van der Waals surface area (Å²) in [7, 11) is 4.09. The zero-order chi connectivity index (χ0) is 26.2. The molecular formula is C32H40N2O2. The first kappa shape index (κ1) is 25.8. The van der Waals surface area contributed by atoms with Crippen LogP contribution in [0, 0.1) is 12.3 Å². The van der Waals surface area contributed by atoms with Gasteiger partial charge in [-0.25, -0.2) is 0 Å². The van der Waals surface area contributed by atoms with Gasteiger partial charge in [0.1, 0.15) is 5.75 Å². The van der Waals surface area contributed by atoms with Crippen molar-refractivity contribution in [3.05, 3.63) is 76.9 Å². The maximum Gasteiger partial charge on any atom is 0.224 e. The molecule has 3 aromatic carbocycles. The Morgan fingerprint density at radius 2 is 1.78 bits per heavy atom. The molecule has 1 unspecified atom stereocenters. The fraction of sp³-hybridized carbons (Fsp3) is 0.406. The molecule has 0 spiro atoms. The fourth-order valence-corrected chi connectivity index (χ4v) is 4.95. The first-order chi connectivity index (χ1) is 16.9. The van der Waals surface area contributed by atoms with E-state index in [0.29, 0.717) is 18.9 Å². The second-order valence-electron chi connectivity index (χ2n) is 11.8. The summed E-state index contributed by atoms with van der Waals surface area (Å²) in [5.74, 6) is 1.58. The fourth-order valence-electron chi connectivity index (χ4n) is 4.95. The van der Waals surface area contributed by atoms with E-state index in [-0.39, 0.29) is 17.2 Å². The van der Waals surface area contributed by atoms with Crippen molar-refractivity contribution in [3.63, 3.8) is 0 Å². The smallest absolute Gasteiger partial charge is 0.224 e. The van der Waals surface area contributed by atoms with Crippen LogP contribution in [-0.4, -0.2) is 26.6 Å². The molecular weight excluding hydrogens is 444 g/mol. The summed E-state index contributed by atoms with van der Waals surface area (Å²) in [6.45, 7) is 13.4. The van der Waals surface area contributed by atoms with Crippen LogP contribution in [0.1, 0.15) is 75.1 Å². The summed E-state index contributed by atoms with van der Waals surface area (Å²) < 4.78 is 6.42. The maximum atomic E-state index is 13.0. The Morgan fingerprint density at radius 3 is 2.39 bits per heavy atom. The first-order valence-electron chi connectivity index (χ1n) is 12.9. The summed E-state index contributed by atoms with van der Waals surface area (Å²) in [5.41, 5.74) is 8.84. The van der Waals surface area contributed by atoms with E-state index in [1.54, 1.807) is 0 Å². The van der Waals surface area contributed by atoms with Gasteiger partial charge in [0, 0.05) is 48.9 Å². The molecule has 4 nitrogen and oxygen atoms in total. The Kier molecular flexibility index (Phi) is 7.17. The van der Waals surface area contributed by atoms with Gasteiger partial charge < -0.3 is 15.0 Å². The number of carbonyl (C=O) groups is 1. The summed E-state index contributed by atoms with van der Waals surface area (Å²) in [4.78, 5) is 15.1. The molecule has 190 valence electrons. The molecule has 0 saturated heterocycles. The highest BCUT2D eigenvalue weighted by Gasteiger charge is 2.32. The topological polar surface area (TPSA) is 41.6 Å². The van der Waals surface area contributed by atoms with Gasteiger partial charge in [-0.05, 0) is 58.7 Å². The Balaban J connectivity index is 1.84. The number of ether oxygens (including phenoxy) is 1. The lowest BCUT2D eigenvalue weighted by molar-refractivity contribution is -0.117. The van der Waals surface area contributed by atoms with Crippen LogP contribution in [0.5, 0.6) is 5.75 Å². The Hall–Kier alpha value is -3.27. The van der Waals surface area contributed by atoms with Gasteiger partial charge in [-0.2, -0.15) is 0 Å². The van der Waals surface area contributed by atoms with Gasteiger partial charge in [0.05, 0.1) is 6.61 Å². The lowest BCUT2D eigenvalue weighted by Gasteiger charge is -2.21.